The highest BCUT2D eigenvalue weighted by Crippen LogP contribution is 2.23. The van der Waals surface area contributed by atoms with Gasteiger partial charge in [0.05, 0.1) is 37.8 Å². The number of carbonyl (C=O) groups excluding carboxylic acids is 2. The van der Waals surface area contributed by atoms with Gasteiger partial charge in [0, 0.05) is 37.3 Å². The number of benzene rings is 1. The van der Waals surface area contributed by atoms with E-state index in [-0.39, 0.29) is 18.1 Å². The van der Waals surface area contributed by atoms with Crippen LogP contribution in [0.25, 0.3) is 11.3 Å². The molecule has 2 fully saturated rings. The van der Waals surface area contributed by atoms with Gasteiger partial charge in [0.1, 0.15) is 5.75 Å². The second kappa shape index (κ2) is 11.3. The number of hydrogen-bond acceptors (Lipinski definition) is 6. The van der Waals surface area contributed by atoms with E-state index >= 15 is 0 Å². The molecule has 34 heavy (non-hydrogen) atoms. The molecule has 2 aromatic rings. The van der Waals surface area contributed by atoms with Crippen molar-refractivity contribution in [2.45, 2.75) is 32.8 Å². The molecule has 2 amide bonds. The van der Waals surface area contributed by atoms with Crippen LogP contribution in [0.5, 0.6) is 5.75 Å². The smallest absolute Gasteiger partial charge is 0.410 e. The molecule has 0 aliphatic carbocycles. The average molecular weight is 468 g/mol. The topological polar surface area (TPSA) is 81.2 Å². The number of likely N-dealkylation sites (tertiary alicyclic amines) is 1. The highest BCUT2D eigenvalue weighted by atomic mass is 16.6. The summed E-state index contributed by atoms with van der Waals surface area (Å²) < 4.78 is 16.5. The summed E-state index contributed by atoms with van der Waals surface area (Å²) in [6.07, 6.45) is 3.20. The van der Waals surface area contributed by atoms with E-state index in [1.165, 1.54) is 0 Å². The maximum atomic E-state index is 12.6. The van der Waals surface area contributed by atoms with Crippen molar-refractivity contribution in [1.29, 1.82) is 0 Å². The maximum Gasteiger partial charge on any atom is 0.410 e. The Bertz CT molecular complexity index is 947. The molecule has 0 spiro atoms. The predicted molar refractivity (Wildman–Crippen MR) is 128 cm³/mol. The number of piperidine rings is 1. The summed E-state index contributed by atoms with van der Waals surface area (Å²) in [6.45, 7) is 8.17. The van der Waals surface area contributed by atoms with Crippen molar-refractivity contribution in [3.63, 3.8) is 0 Å². The number of amides is 2. The number of rotatable bonds is 6. The van der Waals surface area contributed by atoms with Gasteiger partial charge in [-0.1, -0.05) is 12.1 Å². The largest absolute Gasteiger partial charge is 0.492 e. The Hall–Kier alpha value is -3.13. The van der Waals surface area contributed by atoms with Gasteiger partial charge in [0.15, 0.2) is 0 Å². The lowest BCUT2D eigenvalue weighted by Gasteiger charge is -2.31. The van der Waals surface area contributed by atoms with Gasteiger partial charge in [-0.2, -0.15) is 0 Å². The Labute approximate surface area is 200 Å². The van der Waals surface area contributed by atoms with Crippen LogP contribution >= 0.6 is 0 Å². The lowest BCUT2D eigenvalue weighted by atomic mass is 9.98. The second-order valence-corrected chi connectivity index (χ2v) is 9.04. The van der Waals surface area contributed by atoms with E-state index in [1.54, 1.807) is 11.1 Å². The zero-order chi connectivity index (χ0) is 23.9. The van der Waals surface area contributed by atoms with Crippen molar-refractivity contribution in [3.8, 4) is 17.0 Å². The van der Waals surface area contributed by atoms with Gasteiger partial charge in [0.2, 0.25) is 0 Å². The monoisotopic (exact) mass is 467 g/mol. The fourth-order valence-electron chi connectivity index (χ4n) is 4.14. The standard InChI is InChI=1S/C26H33N3O5/c1-19(2)34-26(31)29-11-9-20(10-12-29)18-33-23-7-8-24(27-17-23)21-3-5-22(6-4-21)25(30)28-13-15-32-16-14-28/h3-8,17,19-20H,9-16,18H2,1-2H3. The summed E-state index contributed by atoms with van der Waals surface area (Å²) in [6, 6.07) is 11.4. The van der Waals surface area contributed by atoms with Crippen LogP contribution in [0.1, 0.15) is 37.0 Å². The molecule has 0 unspecified atom stereocenters. The number of morpholine rings is 1. The lowest BCUT2D eigenvalue weighted by Crippen LogP contribution is -2.40. The number of pyridine rings is 1. The van der Waals surface area contributed by atoms with Crippen LogP contribution in [0, 0.1) is 5.92 Å². The first kappa shape index (κ1) is 24.0. The molecule has 182 valence electrons. The van der Waals surface area contributed by atoms with Gasteiger partial charge in [-0.05, 0) is 56.9 Å². The normalized spacial score (nSPS) is 17.0. The zero-order valence-corrected chi connectivity index (χ0v) is 19.9. The third-order valence-electron chi connectivity index (χ3n) is 6.16. The average Bonchev–Trinajstić information content (AvgIpc) is 2.88. The fraction of sp³-hybridized carbons (Fsp3) is 0.500. The minimum absolute atomic E-state index is 0.0363. The third kappa shape index (κ3) is 6.26. The number of hydrogen-bond donors (Lipinski definition) is 0. The third-order valence-corrected chi connectivity index (χ3v) is 6.16. The number of ether oxygens (including phenoxy) is 3. The van der Waals surface area contributed by atoms with Crippen LogP contribution < -0.4 is 4.74 Å². The van der Waals surface area contributed by atoms with Crippen molar-refractivity contribution < 1.29 is 23.8 Å². The molecule has 8 heteroatoms. The van der Waals surface area contributed by atoms with Gasteiger partial charge in [-0.25, -0.2) is 4.79 Å². The van der Waals surface area contributed by atoms with Crippen LogP contribution in [-0.4, -0.2) is 78.9 Å². The number of carbonyl (C=O) groups is 2. The van der Waals surface area contributed by atoms with Crippen LogP contribution in [-0.2, 0) is 9.47 Å². The molecule has 2 aliphatic rings. The minimum atomic E-state index is -0.229. The fourth-order valence-corrected chi connectivity index (χ4v) is 4.14. The lowest BCUT2D eigenvalue weighted by molar-refractivity contribution is 0.0303. The minimum Gasteiger partial charge on any atom is -0.492 e. The second-order valence-electron chi connectivity index (χ2n) is 9.04. The Morgan fingerprint density at radius 2 is 1.71 bits per heavy atom. The van der Waals surface area contributed by atoms with Crippen LogP contribution in [0.2, 0.25) is 0 Å². The Kier molecular flexibility index (Phi) is 8.00. The highest BCUT2D eigenvalue weighted by molar-refractivity contribution is 5.94. The van der Waals surface area contributed by atoms with E-state index in [2.05, 4.69) is 4.98 Å². The van der Waals surface area contributed by atoms with Crippen molar-refractivity contribution >= 4 is 12.0 Å². The zero-order valence-electron chi connectivity index (χ0n) is 19.9. The van der Waals surface area contributed by atoms with Gasteiger partial charge < -0.3 is 24.0 Å². The quantitative estimate of drug-likeness (QED) is 0.642. The molecule has 0 bridgehead atoms. The van der Waals surface area contributed by atoms with E-state index < -0.39 is 0 Å². The van der Waals surface area contributed by atoms with E-state index in [0.29, 0.717) is 57.5 Å². The van der Waals surface area contributed by atoms with Crippen molar-refractivity contribution in [1.82, 2.24) is 14.8 Å². The van der Waals surface area contributed by atoms with Crippen LogP contribution in [0.4, 0.5) is 4.79 Å². The molecule has 3 heterocycles. The molecule has 2 aliphatic heterocycles. The molecule has 0 atom stereocenters. The summed E-state index contributed by atoms with van der Waals surface area (Å²) in [5, 5.41) is 0. The van der Waals surface area contributed by atoms with Crippen LogP contribution in [0.15, 0.2) is 42.6 Å². The molecular weight excluding hydrogens is 434 g/mol. The first-order valence-electron chi connectivity index (χ1n) is 12.0. The molecule has 0 N–H and O–H groups in total. The van der Waals surface area contributed by atoms with Crippen LogP contribution in [0.3, 0.4) is 0 Å². The van der Waals surface area contributed by atoms with Crippen molar-refractivity contribution in [2.75, 3.05) is 46.0 Å². The van der Waals surface area contributed by atoms with E-state index in [9.17, 15) is 9.59 Å². The first-order chi connectivity index (χ1) is 16.5. The maximum absolute atomic E-state index is 12.6. The molecule has 2 saturated heterocycles. The molecule has 1 aromatic heterocycles. The SMILES string of the molecule is CC(C)OC(=O)N1CCC(COc2ccc(-c3ccc(C(=O)N4CCOCC4)cc3)nc2)CC1. The molecular formula is C26H33N3O5. The summed E-state index contributed by atoms with van der Waals surface area (Å²) in [4.78, 5) is 32.7. The first-order valence-corrected chi connectivity index (χ1v) is 12.0. The summed E-state index contributed by atoms with van der Waals surface area (Å²) in [7, 11) is 0. The highest BCUT2D eigenvalue weighted by Gasteiger charge is 2.24. The Balaban J connectivity index is 1.25. The van der Waals surface area contributed by atoms with E-state index in [1.807, 2.05) is 55.1 Å². The van der Waals surface area contributed by atoms with Gasteiger partial charge >= 0.3 is 6.09 Å². The van der Waals surface area contributed by atoms with Crippen molar-refractivity contribution in [2.24, 2.45) is 5.92 Å². The molecule has 0 radical (unpaired) electrons. The van der Waals surface area contributed by atoms with Gasteiger partial charge in [-0.3, -0.25) is 9.78 Å². The Morgan fingerprint density at radius 3 is 2.32 bits per heavy atom. The molecule has 0 saturated carbocycles. The summed E-state index contributed by atoms with van der Waals surface area (Å²) in [5.41, 5.74) is 2.45. The van der Waals surface area contributed by atoms with Crippen molar-refractivity contribution in [3.05, 3.63) is 48.2 Å². The predicted octanol–water partition coefficient (Wildman–Crippen LogP) is 3.86. The summed E-state index contributed by atoms with van der Waals surface area (Å²) in [5.74, 6) is 1.16. The molecule has 1 aromatic carbocycles. The Morgan fingerprint density at radius 1 is 1.00 bits per heavy atom. The van der Waals surface area contributed by atoms with Gasteiger partial charge in [0.25, 0.3) is 5.91 Å². The molecule has 4 rings (SSSR count). The van der Waals surface area contributed by atoms with Gasteiger partial charge in [-0.15, -0.1) is 0 Å². The van der Waals surface area contributed by atoms with E-state index in [4.69, 9.17) is 14.2 Å². The number of aromatic nitrogens is 1. The van der Waals surface area contributed by atoms with E-state index in [0.717, 1.165) is 29.8 Å². The summed E-state index contributed by atoms with van der Waals surface area (Å²) >= 11 is 0. The molecule has 8 nitrogen and oxygen atoms in total. The number of nitrogens with zero attached hydrogens (tertiary/aromatic N) is 3.